The minimum absolute atomic E-state index is 0.111. The van der Waals surface area contributed by atoms with Crippen molar-refractivity contribution in [1.82, 2.24) is 0 Å². The number of benzene rings is 1. The van der Waals surface area contributed by atoms with Crippen molar-refractivity contribution < 1.29 is 21.9 Å². The predicted molar refractivity (Wildman–Crippen MR) is 64.3 cm³/mol. The zero-order valence-electron chi connectivity index (χ0n) is 9.91. The van der Waals surface area contributed by atoms with Gasteiger partial charge >= 0.3 is 0 Å². The fourth-order valence-electron chi connectivity index (χ4n) is 1.20. The van der Waals surface area contributed by atoms with Gasteiger partial charge in [0.25, 0.3) is 9.05 Å². The van der Waals surface area contributed by atoms with Crippen molar-refractivity contribution in [2.45, 2.75) is 25.2 Å². The van der Waals surface area contributed by atoms with Gasteiger partial charge in [-0.2, -0.15) is 0 Å². The summed E-state index contributed by atoms with van der Waals surface area (Å²) in [6.07, 6.45) is 0.784. The van der Waals surface area contributed by atoms with Crippen LogP contribution in [0.15, 0.2) is 17.0 Å². The maximum atomic E-state index is 13.5. The average molecular weight is 299 g/mol. The normalized spacial score (nSPS) is 13.4. The van der Waals surface area contributed by atoms with Gasteiger partial charge in [-0.1, -0.05) is 20.3 Å². The van der Waals surface area contributed by atoms with Gasteiger partial charge in [0.05, 0.1) is 6.61 Å². The maximum Gasteiger partial charge on any atom is 0.265 e. The minimum Gasteiger partial charge on any atom is -0.489 e. The molecule has 1 rings (SSSR count). The van der Waals surface area contributed by atoms with E-state index < -0.39 is 31.3 Å². The molecule has 0 N–H and O–H groups in total. The third-order valence-electron chi connectivity index (χ3n) is 2.45. The summed E-state index contributed by atoms with van der Waals surface area (Å²) in [6.45, 7) is 3.89. The van der Waals surface area contributed by atoms with Crippen LogP contribution in [0.3, 0.4) is 0 Å². The van der Waals surface area contributed by atoms with Gasteiger partial charge in [0, 0.05) is 16.7 Å². The molecule has 1 aromatic rings. The lowest BCUT2D eigenvalue weighted by atomic mass is 10.1. The topological polar surface area (TPSA) is 43.4 Å². The number of hydrogen-bond acceptors (Lipinski definition) is 3. The van der Waals surface area contributed by atoms with E-state index >= 15 is 0 Å². The first kappa shape index (κ1) is 15.2. The van der Waals surface area contributed by atoms with E-state index in [9.17, 15) is 17.2 Å². The third-order valence-corrected chi connectivity index (χ3v) is 3.77. The van der Waals surface area contributed by atoms with Crippen molar-refractivity contribution in [3.05, 3.63) is 23.8 Å². The highest BCUT2D eigenvalue weighted by atomic mass is 35.7. The Bertz CT molecular complexity index is 531. The van der Waals surface area contributed by atoms with Crippen LogP contribution in [0.5, 0.6) is 5.75 Å². The van der Waals surface area contributed by atoms with Gasteiger partial charge in [-0.25, -0.2) is 17.2 Å². The van der Waals surface area contributed by atoms with Crippen LogP contribution in [0.25, 0.3) is 0 Å². The maximum absolute atomic E-state index is 13.5. The minimum atomic E-state index is -4.27. The Balaban J connectivity index is 3.17. The van der Waals surface area contributed by atoms with E-state index in [2.05, 4.69) is 0 Å². The van der Waals surface area contributed by atoms with Gasteiger partial charge in [-0.3, -0.25) is 0 Å². The molecule has 0 radical (unpaired) electrons. The second-order valence-electron chi connectivity index (χ2n) is 3.98. The first-order valence-corrected chi connectivity index (χ1v) is 7.63. The Kier molecular flexibility index (Phi) is 4.92. The Morgan fingerprint density at radius 3 is 2.50 bits per heavy atom. The lowest BCUT2D eigenvalue weighted by molar-refractivity contribution is 0.239. The van der Waals surface area contributed by atoms with Crippen LogP contribution in [-0.4, -0.2) is 15.0 Å². The Hall–Kier alpha value is -0.880. The quantitative estimate of drug-likeness (QED) is 0.783. The van der Waals surface area contributed by atoms with Gasteiger partial charge < -0.3 is 4.74 Å². The summed E-state index contributed by atoms with van der Waals surface area (Å²) in [5, 5.41) is 0. The Morgan fingerprint density at radius 2 is 2.00 bits per heavy atom. The smallest absolute Gasteiger partial charge is 0.265 e. The van der Waals surface area contributed by atoms with Crippen molar-refractivity contribution in [3.63, 3.8) is 0 Å². The Labute approximate surface area is 109 Å². The molecule has 7 heteroatoms. The van der Waals surface area contributed by atoms with Gasteiger partial charge in [-0.05, 0) is 12.0 Å². The predicted octanol–water partition coefficient (Wildman–Crippen LogP) is 3.32. The largest absolute Gasteiger partial charge is 0.489 e. The summed E-state index contributed by atoms with van der Waals surface area (Å²) >= 11 is 0. The average Bonchev–Trinajstić information content (AvgIpc) is 2.25. The SMILES string of the molecule is CCC(C)COc1c(F)cc(F)cc1S(=O)(=O)Cl. The van der Waals surface area contributed by atoms with Crippen LogP contribution in [0.4, 0.5) is 8.78 Å². The standard InChI is InChI=1S/C11H13ClF2O3S/c1-3-7(2)6-17-11-9(14)4-8(13)5-10(11)18(12,15)16/h4-5,7H,3,6H2,1-2H3. The van der Waals surface area contributed by atoms with E-state index in [1.54, 1.807) is 0 Å². The molecule has 1 aromatic carbocycles. The number of halogens is 3. The lowest BCUT2D eigenvalue weighted by Gasteiger charge is -2.13. The molecule has 0 aliphatic heterocycles. The molecular formula is C11H13ClF2O3S. The zero-order chi connectivity index (χ0) is 13.9. The van der Waals surface area contributed by atoms with Crippen LogP contribution in [0.2, 0.25) is 0 Å². The second kappa shape index (κ2) is 5.84. The van der Waals surface area contributed by atoms with E-state index in [4.69, 9.17) is 15.4 Å². The van der Waals surface area contributed by atoms with Gasteiger partial charge in [0.2, 0.25) is 0 Å². The molecule has 0 bridgehead atoms. The first-order chi connectivity index (χ1) is 8.25. The molecule has 18 heavy (non-hydrogen) atoms. The molecule has 0 fully saturated rings. The highest BCUT2D eigenvalue weighted by Crippen LogP contribution is 2.31. The van der Waals surface area contributed by atoms with Crippen molar-refractivity contribution in [2.24, 2.45) is 5.92 Å². The fraction of sp³-hybridized carbons (Fsp3) is 0.455. The molecule has 1 atom stereocenters. The molecule has 102 valence electrons. The molecule has 0 saturated carbocycles. The highest BCUT2D eigenvalue weighted by molar-refractivity contribution is 8.13. The molecule has 0 aliphatic carbocycles. The fourth-order valence-corrected chi connectivity index (χ4v) is 2.18. The monoisotopic (exact) mass is 298 g/mol. The van der Waals surface area contributed by atoms with Crippen LogP contribution in [-0.2, 0) is 9.05 Å². The van der Waals surface area contributed by atoms with Gasteiger partial charge in [-0.15, -0.1) is 0 Å². The van der Waals surface area contributed by atoms with E-state index in [0.717, 1.165) is 6.42 Å². The van der Waals surface area contributed by atoms with E-state index in [-0.39, 0.29) is 12.5 Å². The Morgan fingerprint density at radius 1 is 1.39 bits per heavy atom. The third kappa shape index (κ3) is 3.81. The molecule has 0 heterocycles. The summed E-state index contributed by atoms with van der Waals surface area (Å²) in [5.74, 6) is -2.54. The van der Waals surface area contributed by atoms with Crippen molar-refractivity contribution in [2.75, 3.05) is 6.61 Å². The van der Waals surface area contributed by atoms with Gasteiger partial charge in [0.15, 0.2) is 11.6 Å². The van der Waals surface area contributed by atoms with Crippen LogP contribution < -0.4 is 4.74 Å². The lowest BCUT2D eigenvalue weighted by Crippen LogP contribution is -2.10. The first-order valence-electron chi connectivity index (χ1n) is 5.32. The van der Waals surface area contributed by atoms with Crippen molar-refractivity contribution in [1.29, 1.82) is 0 Å². The molecule has 0 spiro atoms. The number of ether oxygens (including phenoxy) is 1. The van der Waals surface area contributed by atoms with E-state index in [1.807, 2.05) is 13.8 Å². The second-order valence-corrected chi connectivity index (χ2v) is 6.51. The van der Waals surface area contributed by atoms with Crippen molar-refractivity contribution in [3.8, 4) is 5.75 Å². The van der Waals surface area contributed by atoms with Crippen LogP contribution >= 0.6 is 10.7 Å². The van der Waals surface area contributed by atoms with E-state index in [1.165, 1.54) is 0 Å². The summed E-state index contributed by atoms with van der Waals surface area (Å²) in [5.41, 5.74) is 0. The summed E-state index contributed by atoms with van der Waals surface area (Å²) < 4.78 is 54.0. The summed E-state index contributed by atoms with van der Waals surface area (Å²) in [7, 11) is 0.850. The summed E-state index contributed by atoms with van der Waals surface area (Å²) in [6, 6.07) is 1.19. The molecule has 0 aromatic heterocycles. The van der Waals surface area contributed by atoms with Gasteiger partial charge in [0.1, 0.15) is 10.7 Å². The summed E-state index contributed by atoms with van der Waals surface area (Å²) in [4.78, 5) is -0.690. The molecule has 0 aliphatic rings. The molecule has 0 saturated heterocycles. The highest BCUT2D eigenvalue weighted by Gasteiger charge is 2.22. The van der Waals surface area contributed by atoms with E-state index in [0.29, 0.717) is 12.1 Å². The molecular weight excluding hydrogens is 286 g/mol. The number of rotatable bonds is 5. The number of hydrogen-bond donors (Lipinski definition) is 0. The van der Waals surface area contributed by atoms with Crippen molar-refractivity contribution >= 4 is 19.7 Å². The zero-order valence-corrected chi connectivity index (χ0v) is 11.5. The molecule has 0 amide bonds. The molecule has 1 unspecified atom stereocenters. The van der Waals surface area contributed by atoms with Crippen LogP contribution in [0.1, 0.15) is 20.3 Å². The van der Waals surface area contributed by atoms with Crippen LogP contribution in [0, 0.1) is 17.6 Å². The molecule has 3 nitrogen and oxygen atoms in total.